The number of carbonyl (C=O) groups excluding carboxylic acids is 1. The molecule has 0 aliphatic heterocycles. The lowest BCUT2D eigenvalue weighted by Gasteiger charge is -2.42. The van der Waals surface area contributed by atoms with E-state index < -0.39 is 8.32 Å². The predicted molar refractivity (Wildman–Crippen MR) is 81.6 cm³/mol. The van der Waals surface area contributed by atoms with E-state index in [1.807, 2.05) is 0 Å². The van der Waals surface area contributed by atoms with Gasteiger partial charge in [-0.25, -0.2) is 0 Å². The zero-order valence-corrected chi connectivity index (χ0v) is 14.6. The SMILES string of the molecule is CC1C(C)[C@@H]2C[C@H]1C(=O)C[C@@H]2O[Si](C)(C)C(C)(C)C. The highest BCUT2D eigenvalue weighted by molar-refractivity contribution is 6.74. The molecule has 3 heteroatoms. The molecule has 110 valence electrons. The Bertz CT molecular complexity index is 369. The van der Waals surface area contributed by atoms with Crippen molar-refractivity contribution < 1.29 is 9.22 Å². The van der Waals surface area contributed by atoms with Crippen LogP contribution < -0.4 is 0 Å². The van der Waals surface area contributed by atoms with Crippen molar-refractivity contribution in [3.63, 3.8) is 0 Å². The van der Waals surface area contributed by atoms with Gasteiger partial charge in [0.05, 0.1) is 6.10 Å². The minimum atomic E-state index is -1.77. The van der Waals surface area contributed by atoms with E-state index in [1.54, 1.807) is 0 Å². The molecule has 2 nitrogen and oxygen atoms in total. The zero-order valence-electron chi connectivity index (χ0n) is 13.6. The Morgan fingerprint density at radius 2 is 1.74 bits per heavy atom. The smallest absolute Gasteiger partial charge is 0.192 e. The van der Waals surface area contributed by atoms with Gasteiger partial charge < -0.3 is 4.43 Å². The minimum Gasteiger partial charge on any atom is -0.413 e. The maximum atomic E-state index is 12.3. The first-order chi connectivity index (χ1) is 8.54. The van der Waals surface area contributed by atoms with Gasteiger partial charge in [0.1, 0.15) is 5.78 Å². The molecule has 0 radical (unpaired) electrons. The van der Waals surface area contributed by atoms with Gasteiger partial charge in [0.2, 0.25) is 0 Å². The van der Waals surface area contributed by atoms with E-state index in [4.69, 9.17) is 4.43 Å². The van der Waals surface area contributed by atoms with Crippen molar-refractivity contribution in [2.45, 2.75) is 71.7 Å². The van der Waals surface area contributed by atoms with Crippen molar-refractivity contribution in [1.29, 1.82) is 0 Å². The summed E-state index contributed by atoms with van der Waals surface area (Å²) in [6, 6.07) is 0. The van der Waals surface area contributed by atoms with Crippen LogP contribution in [0.1, 0.15) is 47.5 Å². The van der Waals surface area contributed by atoms with Gasteiger partial charge in [-0.05, 0) is 42.3 Å². The lowest BCUT2D eigenvalue weighted by atomic mass is 9.84. The summed E-state index contributed by atoms with van der Waals surface area (Å²) in [4.78, 5) is 12.3. The molecular formula is C16H30O2Si. The Labute approximate surface area is 119 Å². The number of ketones is 1. The molecule has 0 aromatic rings. The average Bonchev–Trinajstić information content (AvgIpc) is 2.50. The summed E-state index contributed by atoms with van der Waals surface area (Å²) in [5, 5.41) is 0.223. The normalized spacial score (nSPS) is 39.7. The van der Waals surface area contributed by atoms with E-state index in [0.717, 1.165) is 6.42 Å². The molecule has 2 aliphatic rings. The fourth-order valence-corrected chi connectivity index (χ4v) is 4.95. The topological polar surface area (TPSA) is 26.3 Å². The maximum absolute atomic E-state index is 12.3. The maximum Gasteiger partial charge on any atom is 0.192 e. The third-order valence-electron chi connectivity index (χ3n) is 6.21. The molecule has 0 aromatic heterocycles. The molecule has 2 unspecified atom stereocenters. The second-order valence-electron chi connectivity index (χ2n) is 8.31. The van der Waals surface area contributed by atoms with Crippen LogP contribution in [0.5, 0.6) is 0 Å². The first kappa shape index (κ1) is 15.2. The third kappa shape index (κ3) is 2.56. The summed E-state index contributed by atoms with van der Waals surface area (Å²) in [5.74, 6) is 2.56. The van der Waals surface area contributed by atoms with Crippen LogP contribution >= 0.6 is 0 Å². The van der Waals surface area contributed by atoms with Gasteiger partial charge in [0.25, 0.3) is 0 Å². The number of Topliss-reactive ketones (excluding diaryl/α,β-unsaturated/α-hetero) is 1. The van der Waals surface area contributed by atoms with E-state index in [9.17, 15) is 4.79 Å². The van der Waals surface area contributed by atoms with E-state index in [0.29, 0.717) is 35.9 Å². The number of hydrogen-bond acceptors (Lipinski definition) is 2. The highest BCUT2D eigenvalue weighted by atomic mass is 28.4. The van der Waals surface area contributed by atoms with Crippen molar-refractivity contribution in [3.8, 4) is 0 Å². The minimum absolute atomic E-state index is 0.185. The van der Waals surface area contributed by atoms with Gasteiger partial charge in [0.15, 0.2) is 8.32 Å². The standard InChI is InChI=1S/C16H30O2Si/c1-10-11(2)13-8-12(10)14(17)9-15(13)18-19(6,7)16(3,4)5/h10-13,15H,8-9H2,1-7H3/t10?,11?,12-,13+,15+/m1/s1. The molecule has 0 heterocycles. The second-order valence-corrected chi connectivity index (χ2v) is 13.1. The molecule has 19 heavy (non-hydrogen) atoms. The van der Waals surface area contributed by atoms with E-state index >= 15 is 0 Å². The number of carbonyl (C=O) groups is 1. The number of fused-ring (bicyclic) bond motifs is 2. The van der Waals surface area contributed by atoms with Gasteiger partial charge >= 0.3 is 0 Å². The predicted octanol–water partition coefficient (Wildman–Crippen LogP) is 4.26. The molecule has 0 aromatic carbocycles. The van der Waals surface area contributed by atoms with E-state index in [2.05, 4.69) is 47.7 Å². The molecule has 5 atom stereocenters. The molecule has 2 fully saturated rings. The van der Waals surface area contributed by atoms with Crippen molar-refractivity contribution >= 4 is 14.1 Å². The van der Waals surface area contributed by atoms with Crippen molar-refractivity contribution in [1.82, 2.24) is 0 Å². The van der Waals surface area contributed by atoms with Crippen LogP contribution in [0.2, 0.25) is 18.1 Å². The zero-order chi connectivity index (χ0) is 14.6. The first-order valence-corrected chi connectivity index (χ1v) is 10.7. The summed E-state index contributed by atoms with van der Waals surface area (Å²) in [6.07, 6.45) is 1.92. The molecule has 2 bridgehead atoms. The Kier molecular flexibility index (Phi) is 3.77. The fourth-order valence-electron chi connectivity index (χ4n) is 3.58. The van der Waals surface area contributed by atoms with Crippen LogP contribution in [0.15, 0.2) is 0 Å². The molecule has 0 spiro atoms. The van der Waals surface area contributed by atoms with Gasteiger partial charge in [-0.2, -0.15) is 0 Å². The summed E-state index contributed by atoms with van der Waals surface area (Å²) in [5.41, 5.74) is 0. The average molecular weight is 282 g/mol. The molecule has 0 N–H and O–H groups in total. The fraction of sp³-hybridized carbons (Fsp3) is 0.938. The third-order valence-corrected chi connectivity index (χ3v) is 10.7. The van der Waals surface area contributed by atoms with Crippen LogP contribution in [0, 0.1) is 23.7 Å². The highest BCUT2D eigenvalue weighted by Gasteiger charge is 2.52. The highest BCUT2D eigenvalue weighted by Crippen LogP contribution is 2.50. The Hall–Kier alpha value is -0.153. The van der Waals surface area contributed by atoms with Crippen LogP contribution in [0.4, 0.5) is 0 Å². The second kappa shape index (κ2) is 4.69. The quantitative estimate of drug-likeness (QED) is 0.707. The Morgan fingerprint density at radius 1 is 1.16 bits per heavy atom. The molecule has 2 saturated carbocycles. The molecule has 0 amide bonds. The van der Waals surface area contributed by atoms with Crippen molar-refractivity contribution in [3.05, 3.63) is 0 Å². The summed E-state index contributed by atoms with van der Waals surface area (Å²) < 4.78 is 6.58. The monoisotopic (exact) mass is 282 g/mol. The lowest BCUT2D eigenvalue weighted by Crippen LogP contribution is -2.47. The van der Waals surface area contributed by atoms with E-state index in [1.165, 1.54) is 0 Å². The van der Waals surface area contributed by atoms with Gasteiger partial charge in [-0.1, -0.05) is 34.6 Å². The van der Waals surface area contributed by atoms with Crippen LogP contribution in [-0.4, -0.2) is 20.2 Å². The van der Waals surface area contributed by atoms with Crippen LogP contribution in [0.3, 0.4) is 0 Å². The van der Waals surface area contributed by atoms with Crippen LogP contribution in [0.25, 0.3) is 0 Å². The first-order valence-electron chi connectivity index (χ1n) is 7.75. The summed E-state index contributed by atoms with van der Waals surface area (Å²) in [7, 11) is -1.77. The summed E-state index contributed by atoms with van der Waals surface area (Å²) in [6.45, 7) is 16.0. The molecule has 2 aliphatic carbocycles. The van der Waals surface area contributed by atoms with E-state index in [-0.39, 0.29) is 11.1 Å². The van der Waals surface area contributed by atoms with Crippen LogP contribution in [-0.2, 0) is 9.22 Å². The number of rotatable bonds is 2. The lowest BCUT2D eigenvalue weighted by molar-refractivity contribution is -0.127. The van der Waals surface area contributed by atoms with Gasteiger partial charge in [-0.3, -0.25) is 4.79 Å². The molecule has 0 saturated heterocycles. The Balaban J connectivity index is 2.16. The molecule has 2 rings (SSSR count). The Morgan fingerprint density at radius 3 is 2.26 bits per heavy atom. The molecular weight excluding hydrogens is 252 g/mol. The number of hydrogen-bond donors (Lipinski definition) is 0. The van der Waals surface area contributed by atoms with Crippen molar-refractivity contribution in [2.24, 2.45) is 23.7 Å². The van der Waals surface area contributed by atoms with Crippen molar-refractivity contribution in [2.75, 3.05) is 0 Å². The summed E-state index contributed by atoms with van der Waals surface area (Å²) >= 11 is 0. The largest absolute Gasteiger partial charge is 0.413 e. The van der Waals surface area contributed by atoms with Gasteiger partial charge in [-0.15, -0.1) is 0 Å². The van der Waals surface area contributed by atoms with Gasteiger partial charge in [0, 0.05) is 12.3 Å².